The molecular weight excluding hydrogens is 254 g/mol. The maximum Gasteiger partial charge on any atom is 0.321 e. The lowest BCUT2D eigenvalue weighted by Gasteiger charge is -2.22. The fourth-order valence-electron chi connectivity index (χ4n) is 3.37. The van der Waals surface area contributed by atoms with Crippen molar-refractivity contribution in [1.82, 2.24) is 20.1 Å². The van der Waals surface area contributed by atoms with Crippen LogP contribution in [-0.4, -0.2) is 26.8 Å². The summed E-state index contributed by atoms with van der Waals surface area (Å²) in [5, 5.41) is 10.0. The maximum absolute atomic E-state index is 12.1. The first-order valence-corrected chi connectivity index (χ1v) is 7.58. The Bertz CT molecular complexity index is 490. The third-order valence-electron chi connectivity index (χ3n) is 4.63. The quantitative estimate of drug-likeness (QED) is 0.892. The number of hydrogen-bond acceptors (Lipinski definition) is 3. The van der Waals surface area contributed by atoms with E-state index >= 15 is 0 Å². The van der Waals surface area contributed by atoms with Crippen LogP contribution >= 0.6 is 0 Å². The van der Waals surface area contributed by atoms with Crippen LogP contribution in [0.15, 0.2) is 6.33 Å². The second kappa shape index (κ2) is 5.07. The highest BCUT2D eigenvalue weighted by Crippen LogP contribution is 2.56. The Morgan fingerprint density at radius 2 is 2.15 bits per heavy atom. The number of rotatable bonds is 3. The summed E-state index contributed by atoms with van der Waals surface area (Å²) in [6.07, 6.45) is 9.09. The molecule has 3 rings (SSSR count). The topological polar surface area (TPSA) is 71.8 Å². The lowest BCUT2D eigenvalue weighted by Crippen LogP contribution is -2.35. The Kier molecular flexibility index (Phi) is 3.40. The minimum Gasteiger partial charge on any atom is -0.334 e. The summed E-state index contributed by atoms with van der Waals surface area (Å²) in [6.45, 7) is 4.02. The number of carbonyl (C=O) groups is 1. The largest absolute Gasteiger partial charge is 0.334 e. The van der Waals surface area contributed by atoms with Crippen molar-refractivity contribution in [2.75, 3.05) is 5.32 Å². The van der Waals surface area contributed by atoms with Crippen LogP contribution in [0, 0.1) is 5.41 Å². The van der Waals surface area contributed by atoms with Gasteiger partial charge in [-0.3, -0.25) is 5.32 Å². The molecular formula is C14H23N5O. The van der Waals surface area contributed by atoms with Gasteiger partial charge in [-0.15, -0.1) is 0 Å². The molecule has 2 aliphatic carbocycles. The summed E-state index contributed by atoms with van der Waals surface area (Å²) >= 11 is 0. The first-order valence-electron chi connectivity index (χ1n) is 7.58. The van der Waals surface area contributed by atoms with Gasteiger partial charge < -0.3 is 5.32 Å². The number of nitrogens with one attached hydrogen (secondary N) is 2. The van der Waals surface area contributed by atoms with E-state index in [1.54, 1.807) is 4.68 Å². The highest BCUT2D eigenvalue weighted by Gasteiger charge is 2.54. The molecule has 2 fully saturated rings. The third kappa shape index (κ3) is 2.51. The van der Waals surface area contributed by atoms with Crippen molar-refractivity contribution in [3.05, 3.63) is 6.33 Å². The molecule has 1 atom stereocenters. The lowest BCUT2D eigenvalue weighted by atomic mass is 9.86. The van der Waals surface area contributed by atoms with E-state index in [1.807, 2.05) is 13.8 Å². The predicted octanol–water partition coefficient (Wildman–Crippen LogP) is 2.70. The van der Waals surface area contributed by atoms with E-state index in [0.29, 0.717) is 17.4 Å². The molecule has 1 heterocycles. The molecule has 1 spiro atoms. The zero-order chi connectivity index (χ0) is 14.2. The Balaban J connectivity index is 1.54. The van der Waals surface area contributed by atoms with Crippen LogP contribution in [0.1, 0.15) is 58.4 Å². The summed E-state index contributed by atoms with van der Waals surface area (Å²) in [4.78, 5) is 16.1. The second-order valence-corrected chi connectivity index (χ2v) is 6.40. The van der Waals surface area contributed by atoms with E-state index in [4.69, 9.17) is 0 Å². The lowest BCUT2D eigenvalue weighted by molar-refractivity contribution is 0.246. The van der Waals surface area contributed by atoms with Gasteiger partial charge in [0, 0.05) is 6.04 Å². The standard InChI is InChI=1S/C14H23N5O/c1-10(2)19-12(15-9-16-19)18-13(20)17-11-8-14(11)6-4-3-5-7-14/h9-11H,3-8H2,1-2H3,(H2,15,16,17,18,20). The number of nitrogens with zero attached hydrogens (tertiary/aromatic N) is 3. The van der Waals surface area contributed by atoms with Crippen molar-refractivity contribution >= 4 is 12.0 Å². The monoisotopic (exact) mass is 277 g/mol. The number of amides is 2. The molecule has 1 unspecified atom stereocenters. The van der Waals surface area contributed by atoms with Gasteiger partial charge in [-0.1, -0.05) is 19.3 Å². The molecule has 0 saturated heterocycles. The summed E-state index contributed by atoms with van der Waals surface area (Å²) in [5.41, 5.74) is 0.404. The van der Waals surface area contributed by atoms with E-state index in [0.717, 1.165) is 6.42 Å². The highest BCUT2D eigenvalue weighted by atomic mass is 16.2. The molecule has 0 aromatic carbocycles. The van der Waals surface area contributed by atoms with Crippen molar-refractivity contribution < 1.29 is 4.79 Å². The molecule has 2 aliphatic rings. The van der Waals surface area contributed by atoms with Gasteiger partial charge in [0.1, 0.15) is 6.33 Å². The van der Waals surface area contributed by atoms with E-state index in [9.17, 15) is 4.79 Å². The van der Waals surface area contributed by atoms with Crippen molar-refractivity contribution in [2.45, 2.75) is 64.5 Å². The van der Waals surface area contributed by atoms with Crippen molar-refractivity contribution in [3.8, 4) is 0 Å². The average molecular weight is 277 g/mol. The summed E-state index contributed by atoms with van der Waals surface area (Å²) < 4.78 is 1.71. The number of anilines is 1. The van der Waals surface area contributed by atoms with Gasteiger partial charge in [0.15, 0.2) is 0 Å². The Labute approximate surface area is 119 Å². The Morgan fingerprint density at radius 3 is 2.85 bits per heavy atom. The maximum atomic E-state index is 12.1. The highest BCUT2D eigenvalue weighted by molar-refractivity contribution is 5.88. The van der Waals surface area contributed by atoms with Crippen molar-refractivity contribution in [3.63, 3.8) is 0 Å². The molecule has 0 bridgehead atoms. The number of aromatic nitrogens is 3. The molecule has 0 radical (unpaired) electrons. The molecule has 0 aliphatic heterocycles. The smallest absolute Gasteiger partial charge is 0.321 e. The van der Waals surface area contributed by atoms with Gasteiger partial charge in [-0.25, -0.2) is 9.48 Å². The van der Waals surface area contributed by atoms with Crippen LogP contribution in [0.5, 0.6) is 0 Å². The minimum absolute atomic E-state index is 0.160. The normalized spacial score (nSPS) is 23.9. The molecule has 6 nitrogen and oxygen atoms in total. The molecule has 2 saturated carbocycles. The molecule has 20 heavy (non-hydrogen) atoms. The molecule has 110 valence electrons. The van der Waals surface area contributed by atoms with Crippen molar-refractivity contribution in [1.29, 1.82) is 0 Å². The average Bonchev–Trinajstić information content (AvgIpc) is 2.87. The first-order chi connectivity index (χ1) is 9.61. The predicted molar refractivity (Wildman–Crippen MR) is 76.5 cm³/mol. The van der Waals surface area contributed by atoms with Crippen LogP contribution in [0.2, 0.25) is 0 Å². The van der Waals surface area contributed by atoms with Gasteiger partial charge in [-0.05, 0) is 38.5 Å². The van der Waals surface area contributed by atoms with E-state index in [1.165, 1.54) is 38.4 Å². The fourth-order valence-corrected chi connectivity index (χ4v) is 3.37. The van der Waals surface area contributed by atoms with Crippen LogP contribution in [0.4, 0.5) is 10.7 Å². The Hall–Kier alpha value is -1.59. The second-order valence-electron chi connectivity index (χ2n) is 6.40. The zero-order valence-electron chi connectivity index (χ0n) is 12.2. The van der Waals surface area contributed by atoms with E-state index in [2.05, 4.69) is 20.7 Å². The third-order valence-corrected chi connectivity index (χ3v) is 4.63. The molecule has 2 amide bonds. The van der Waals surface area contributed by atoms with Crippen molar-refractivity contribution in [2.24, 2.45) is 5.41 Å². The number of carbonyl (C=O) groups excluding carboxylic acids is 1. The summed E-state index contributed by atoms with van der Waals surface area (Å²) in [7, 11) is 0. The van der Waals surface area contributed by atoms with E-state index < -0.39 is 0 Å². The van der Waals surface area contributed by atoms with Crippen LogP contribution in [0.3, 0.4) is 0 Å². The molecule has 1 aromatic rings. The van der Waals surface area contributed by atoms with Crippen LogP contribution in [-0.2, 0) is 0 Å². The fraction of sp³-hybridized carbons (Fsp3) is 0.786. The molecule has 1 aromatic heterocycles. The van der Waals surface area contributed by atoms with Crippen LogP contribution < -0.4 is 10.6 Å². The Morgan fingerprint density at radius 1 is 1.40 bits per heavy atom. The SMILES string of the molecule is CC(C)n1ncnc1NC(=O)NC1CC12CCCCC2. The van der Waals surface area contributed by atoms with Gasteiger partial charge in [0.25, 0.3) is 0 Å². The number of hydrogen-bond donors (Lipinski definition) is 2. The summed E-state index contributed by atoms with van der Waals surface area (Å²) in [6, 6.07) is 0.365. The minimum atomic E-state index is -0.160. The summed E-state index contributed by atoms with van der Waals surface area (Å²) in [5.74, 6) is 0.510. The van der Waals surface area contributed by atoms with Gasteiger partial charge in [-0.2, -0.15) is 10.1 Å². The van der Waals surface area contributed by atoms with Gasteiger partial charge in [0.2, 0.25) is 5.95 Å². The van der Waals surface area contributed by atoms with Crippen LogP contribution in [0.25, 0.3) is 0 Å². The molecule has 6 heteroatoms. The number of urea groups is 1. The zero-order valence-corrected chi connectivity index (χ0v) is 12.2. The van der Waals surface area contributed by atoms with Gasteiger partial charge >= 0.3 is 6.03 Å². The first kappa shape index (κ1) is 13.4. The van der Waals surface area contributed by atoms with E-state index in [-0.39, 0.29) is 12.1 Å². The van der Waals surface area contributed by atoms with Gasteiger partial charge in [0.05, 0.1) is 6.04 Å². The molecule has 2 N–H and O–H groups in total.